The molecule has 0 saturated carbocycles. The van der Waals surface area contributed by atoms with E-state index in [0.717, 1.165) is 5.69 Å². The van der Waals surface area contributed by atoms with Crippen molar-refractivity contribution in [3.05, 3.63) is 30.3 Å². The van der Waals surface area contributed by atoms with Crippen LogP contribution >= 0.6 is 0 Å². The van der Waals surface area contributed by atoms with Crippen LogP contribution in [-0.4, -0.2) is 12.1 Å². The van der Waals surface area contributed by atoms with Gasteiger partial charge in [-0.1, -0.05) is 18.2 Å². The van der Waals surface area contributed by atoms with E-state index in [1.165, 1.54) is 0 Å². The van der Waals surface area contributed by atoms with Crippen LogP contribution in [-0.2, 0) is 0 Å². The predicted octanol–water partition coefficient (Wildman–Crippen LogP) is 1.83. The van der Waals surface area contributed by atoms with Gasteiger partial charge in [-0.3, -0.25) is 0 Å². The molecule has 0 saturated heterocycles. The van der Waals surface area contributed by atoms with Gasteiger partial charge in [0, 0.05) is 17.8 Å². The molecule has 12 heavy (non-hydrogen) atoms. The van der Waals surface area contributed by atoms with Gasteiger partial charge in [-0.15, -0.1) is 0 Å². The molecule has 0 fully saturated rings. The Balaban J connectivity index is 2.53. The number of benzene rings is 1. The molecule has 1 rings (SSSR count). The van der Waals surface area contributed by atoms with Crippen molar-refractivity contribution in [3.8, 4) is 0 Å². The fourth-order valence-electron chi connectivity index (χ4n) is 0.929. The highest BCUT2D eigenvalue weighted by Gasteiger charge is 2.05. The first-order chi connectivity index (χ1) is 5.70. The zero-order valence-corrected chi connectivity index (χ0v) is 7.62. The maximum Gasteiger partial charge on any atom is 0.0381 e. The minimum absolute atomic E-state index is 0.171. The average Bonchev–Trinajstić information content (AvgIpc) is 2.06. The normalized spacial score (nSPS) is 15.2. The third kappa shape index (κ3) is 2.55. The monoisotopic (exact) mass is 164 g/mol. The van der Waals surface area contributed by atoms with Crippen molar-refractivity contribution in [2.45, 2.75) is 25.9 Å². The zero-order chi connectivity index (χ0) is 8.97. The van der Waals surface area contributed by atoms with Crippen molar-refractivity contribution < 1.29 is 0 Å². The molecule has 0 spiro atoms. The summed E-state index contributed by atoms with van der Waals surface area (Å²) in [6.45, 7) is 4.08. The van der Waals surface area contributed by atoms with Gasteiger partial charge in [-0.05, 0) is 26.0 Å². The fourth-order valence-corrected chi connectivity index (χ4v) is 0.929. The molecule has 0 aliphatic rings. The number of rotatable bonds is 3. The third-order valence-corrected chi connectivity index (χ3v) is 1.96. The fraction of sp³-hybridized carbons (Fsp3) is 0.400. The van der Waals surface area contributed by atoms with Crippen LogP contribution in [0.3, 0.4) is 0 Å². The summed E-state index contributed by atoms with van der Waals surface area (Å²) in [6.07, 6.45) is 0. The quantitative estimate of drug-likeness (QED) is 0.715. The van der Waals surface area contributed by atoms with Gasteiger partial charge in [0.05, 0.1) is 0 Å². The molecule has 2 heteroatoms. The summed E-state index contributed by atoms with van der Waals surface area (Å²) in [5.74, 6) is 0. The minimum atomic E-state index is 0.171. The maximum absolute atomic E-state index is 5.72. The van der Waals surface area contributed by atoms with Gasteiger partial charge in [0.25, 0.3) is 0 Å². The number of nitrogens with one attached hydrogen (secondary N) is 1. The SMILES string of the molecule is C[C@@H](N)[C@@H](C)Nc1ccccc1. The molecule has 2 atom stereocenters. The van der Waals surface area contributed by atoms with Gasteiger partial charge in [0.1, 0.15) is 0 Å². The summed E-state index contributed by atoms with van der Waals surface area (Å²) in [5, 5.41) is 3.32. The Kier molecular flexibility index (Phi) is 3.11. The molecule has 3 N–H and O–H groups in total. The summed E-state index contributed by atoms with van der Waals surface area (Å²) < 4.78 is 0. The molecular formula is C10H16N2. The Morgan fingerprint density at radius 1 is 1.17 bits per heavy atom. The lowest BCUT2D eigenvalue weighted by Crippen LogP contribution is -2.35. The molecule has 0 aliphatic heterocycles. The Bertz CT molecular complexity index is 219. The first-order valence-corrected chi connectivity index (χ1v) is 4.27. The summed E-state index contributed by atoms with van der Waals surface area (Å²) in [6, 6.07) is 10.6. The van der Waals surface area contributed by atoms with E-state index in [2.05, 4.69) is 12.2 Å². The second-order valence-electron chi connectivity index (χ2n) is 3.16. The van der Waals surface area contributed by atoms with Crippen molar-refractivity contribution in [2.75, 3.05) is 5.32 Å². The molecule has 0 amide bonds. The number of anilines is 1. The van der Waals surface area contributed by atoms with Crippen LogP contribution in [0.25, 0.3) is 0 Å². The van der Waals surface area contributed by atoms with Crippen LogP contribution in [0.2, 0.25) is 0 Å². The first kappa shape index (κ1) is 9.07. The zero-order valence-electron chi connectivity index (χ0n) is 7.62. The molecule has 66 valence electrons. The van der Waals surface area contributed by atoms with E-state index in [4.69, 9.17) is 5.73 Å². The number of para-hydroxylation sites is 1. The Morgan fingerprint density at radius 3 is 2.25 bits per heavy atom. The van der Waals surface area contributed by atoms with Crippen LogP contribution in [0, 0.1) is 0 Å². The molecule has 0 bridgehead atoms. The molecule has 0 aromatic heterocycles. The van der Waals surface area contributed by atoms with Crippen molar-refractivity contribution in [1.29, 1.82) is 0 Å². The van der Waals surface area contributed by atoms with Crippen LogP contribution in [0.1, 0.15) is 13.8 Å². The van der Waals surface area contributed by atoms with E-state index in [9.17, 15) is 0 Å². The number of nitrogens with two attached hydrogens (primary N) is 1. The molecule has 0 radical (unpaired) electrons. The largest absolute Gasteiger partial charge is 0.381 e. The molecule has 0 unspecified atom stereocenters. The molecule has 2 nitrogen and oxygen atoms in total. The summed E-state index contributed by atoms with van der Waals surface area (Å²) in [4.78, 5) is 0. The highest BCUT2D eigenvalue weighted by Crippen LogP contribution is 2.07. The van der Waals surface area contributed by atoms with E-state index in [1.54, 1.807) is 0 Å². The van der Waals surface area contributed by atoms with Gasteiger partial charge in [0.2, 0.25) is 0 Å². The lowest BCUT2D eigenvalue weighted by Gasteiger charge is -2.18. The second-order valence-corrected chi connectivity index (χ2v) is 3.16. The van der Waals surface area contributed by atoms with Crippen molar-refractivity contribution >= 4 is 5.69 Å². The third-order valence-electron chi connectivity index (χ3n) is 1.96. The van der Waals surface area contributed by atoms with E-state index in [-0.39, 0.29) is 6.04 Å². The lowest BCUT2D eigenvalue weighted by molar-refractivity contribution is 0.638. The van der Waals surface area contributed by atoms with Gasteiger partial charge in [-0.2, -0.15) is 0 Å². The molecule has 0 aliphatic carbocycles. The standard InChI is InChI=1S/C10H16N2/c1-8(11)9(2)12-10-6-4-3-5-7-10/h3-9,12H,11H2,1-2H3/t8-,9-/m1/s1. The summed E-state index contributed by atoms with van der Waals surface area (Å²) >= 11 is 0. The molecule has 1 aromatic carbocycles. The van der Waals surface area contributed by atoms with Gasteiger partial charge in [0.15, 0.2) is 0 Å². The van der Waals surface area contributed by atoms with Crippen molar-refractivity contribution in [3.63, 3.8) is 0 Å². The smallest absolute Gasteiger partial charge is 0.0381 e. The highest BCUT2D eigenvalue weighted by molar-refractivity contribution is 5.43. The van der Waals surface area contributed by atoms with E-state index in [0.29, 0.717) is 6.04 Å². The van der Waals surface area contributed by atoms with Crippen LogP contribution < -0.4 is 11.1 Å². The Hall–Kier alpha value is -1.02. The molecule has 0 heterocycles. The Morgan fingerprint density at radius 2 is 1.75 bits per heavy atom. The van der Waals surface area contributed by atoms with Crippen molar-refractivity contribution in [2.24, 2.45) is 5.73 Å². The highest BCUT2D eigenvalue weighted by atomic mass is 14.9. The van der Waals surface area contributed by atoms with E-state index in [1.807, 2.05) is 37.3 Å². The van der Waals surface area contributed by atoms with Gasteiger partial charge < -0.3 is 11.1 Å². The molecular weight excluding hydrogens is 148 g/mol. The second kappa shape index (κ2) is 4.12. The molecule has 1 aromatic rings. The van der Waals surface area contributed by atoms with Crippen LogP contribution in [0.4, 0.5) is 5.69 Å². The van der Waals surface area contributed by atoms with E-state index >= 15 is 0 Å². The number of hydrogen-bond acceptors (Lipinski definition) is 2. The van der Waals surface area contributed by atoms with Crippen LogP contribution in [0.15, 0.2) is 30.3 Å². The van der Waals surface area contributed by atoms with Crippen LogP contribution in [0.5, 0.6) is 0 Å². The maximum atomic E-state index is 5.72. The van der Waals surface area contributed by atoms with Gasteiger partial charge >= 0.3 is 0 Å². The Labute approximate surface area is 73.8 Å². The summed E-state index contributed by atoms with van der Waals surface area (Å²) in [5.41, 5.74) is 6.85. The summed E-state index contributed by atoms with van der Waals surface area (Å²) in [7, 11) is 0. The first-order valence-electron chi connectivity index (χ1n) is 4.27. The van der Waals surface area contributed by atoms with E-state index < -0.39 is 0 Å². The minimum Gasteiger partial charge on any atom is -0.381 e. The van der Waals surface area contributed by atoms with Gasteiger partial charge in [-0.25, -0.2) is 0 Å². The average molecular weight is 164 g/mol. The topological polar surface area (TPSA) is 38.0 Å². The lowest BCUT2D eigenvalue weighted by atomic mass is 10.2. The van der Waals surface area contributed by atoms with Crippen molar-refractivity contribution in [1.82, 2.24) is 0 Å². The number of hydrogen-bond donors (Lipinski definition) is 2. The predicted molar refractivity (Wildman–Crippen MR) is 53.2 cm³/mol.